The zero-order chi connectivity index (χ0) is 10.1. The number of carbonyl (C=O) groups excluding carboxylic acids is 1. The van der Waals surface area contributed by atoms with Gasteiger partial charge in [-0.25, -0.2) is 0 Å². The molecule has 1 heterocycles. The van der Waals surface area contributed by atoms with Crippen LogP contribution >= 0.6 is 0 Å². The smallest absolute Gasteiger partial charge is 0.323 e. The van der Waals surface area contributed by atoms with E-state index in [2.05, 4.69) is 0 Å². The van der Waals surface area contributed by atoms with Gasteiger partial charge in [-0.3, -0.25) is 4.79 Å². The maximum atomic E-state index is 11.2. The van der Waals surface area contributed by atoms with Crippen LogP contribution in [0.2, 0.25) is 0 Å². The molecule has 0 bridgehead atoms. The molecule has 1 fully saturated rings. The number of hydrogen-bond donors (Lipinski definition) is 1. The van der Waals surface area contributed by atoms with Crippen LogP contribution in [0.3, 0.4) is 0 Å². The van der Waals surface area contributed by atoms with E-state index in [1.807, 2.05) is 37.3 Å². The molecule has 2 rings (SSSR count). The van der Waals surface area contributed by atoms with Gasteiger partial charge in [-0.15, -0.1) is 0 Å². The van der Waals surface area contributed by atoms with Crippen molar-refractivity contribution in [3.05, 3.63) is 35.9 Å². The molecule has 0 aliphatic carbocycles. The second-order valence-corrected chi connectivity index (χ2v) is 3.60. The van der Waals surface area contributed by atoms with Crippen LogP contribution in [0.1, 0.15) is 18.4 Å². The summed E-state index contributed by atoms with van der Waals surface area (Å²) in [5.74, 6) is -0.310. The molecule has 1 aromatic carbocycles. The molecule has 0 saturated carbocycles. The zero-order valence-corrected chi connectivity index (χ0v) is 8.01. The van der Waals surface area contributed by atoms with Gasteiger partial charge in [-0.1, -0.05) is 30.3 Å². The van der Waals surface area contributed by atoms with Gasteiger partial charge in [0.2, 0.25) is 0 Å². The highest BCUT2D eigenvalue weighted by atomic mass is 16.6. The van der Waals surface area contributed by atoms with Crippen LogP contribution in [0.4, 0.5) is 0 Å². The van der Waals surface area contributed by atoms with Gasteiger partial charge in [0.25, 0.3) is 0 Å². The van der Waals surface area contributed by atoms with E-state index in [0.29, 0.717) is 0 Å². The number of hydrogen-bond acceptors (Lipinski definition) is 3. The highest BCUT2D eigenvalue weighted by Gasteiger charge is 2.40. The Hall–Kier alpha value is -1.35. The maximum Gasteiger partial charge on any atom is 0.323 e. The Morgan fingerprint density at radius 2 is 1.93 bits per heavy atom. The van der Waals surface area contributed by atoms with Crippen molar-refractivity contribution in [1.82, 2.24) is 0 Å². The minimum atomic E-state index is -0.521. The molecule has 0 amide bonds. The van der Waals surface area contributed by atoms with Crippen molar-refractivity contribution in [3.63, 3.8) is 0 Å². The van der Waals surface area contributed by atoms with E-state index in [-0.39, 0.29) is 18.0 Å². The monoisotopic (exact) mass is 191 g/mol. The van der Waals surface area contributed by atoms with Gasteiger partial charge < -0.3 is 10.5 Å². The first-order valence-corrected chi connectivity index (χ1v) is 4.71. The Morgan fingerprint density at radius 3 is 2.43 bits per heavy atom. The second kappa shape index (κ2) is 3.42. The average Bonchev–Trinajstić information content (AvgIpc) is 2.43. The molecule has 1 aliphatic heterocycles. The van der Waals surface area contributed by atoms with Crippen molar-refractivity contribution >= 4 is 5.97 Å². The van der Waals surface area contributed by atoms with Crippen LogP contribution in [-0.4, -0.2) is 18.1 Å². The van der Waals surface area contributed by atoms with E-state index in [4.69, 9.17) is 10.5 Å². The molecule has 3 heteroatoms. The van der Waals surface area contributed by atoms with Gasteiger partial charge in [-0.2, -0.15) is 0 Å². The molecule has 1 aliphatic rings. The first-order valence-electron chi connectivity index (χ1n) is 4.71. The fourth-order valence-electron chi connectivity index (χ4n) is 1.93. The fourth-order valence-corrected chi connectivity index (χ4v) is 1.93. The Morgan fingerprint density at radius 1 is 1.29 bits per heavy atom. The number of benzene rings is 1. The van der Waals surface area contributed by atoms with Crippen molar-refractivity contribution in [1.29, 1.82) is 0 Å². The molecule has 0 unspecified atom stereocenters. The lowest BCUT2D eigenvalue weighted by atomic mass is 9.90. The Bertz CT molecular complexity index is 336. The number of cyclic esters (lactones) is 1. The maximum absolute atomic E-state index is 11.2. The third kappa shape index (κ3) is 1.40. The SMILES string of the molecule is C[C@@H]1OC(=O)[C@@H](N)[C@@H]1c1ccccc1. The molecule has 0 spiro atoms. The van der Waals surface area contributed by atoms with E-state index in [1.54, 1.807) is 0 Å². The van der Waals surface area contributed by atoms with Crippen molar-refractivity contribution in [3.8, 4) is 0 Å². The van der Waals surface area contributed by atoms with E-state index in [9.17, 15) is 4.79 Å². The molecule has 2 N–H and O–H groups in total. The summed E-state index contributed by atoms with van der Waals surface area (Å²) in [6.45, 7) is 1.88. The van der Waals surface area contributed by atoms with Crippen molar-refractivity contribution < 1.29 is 9.53 Å². The summed E-state index contributed by atoms with van der Waals surface area (Å²) >= 11 is 0. The molecule has 0 radical (unpaired) electrons. The van der Waals surface area contributed by atoms with Gasteiger partial charge in [0.15, 0.2) is 0 Å². The molecular weight excluding hydrogens is 178 g/mol. The van der Waals surface area contributed by atoms with E-state index >= 15 is 0 Å². The Labute approximate surface area is 82.9 Å². The third-order valence-electron chi connectivity index (χ3n) is 2.65. The summed E-state index contributed by atoms with van der Waals surface area (Å²) in [6, 6.07) is 9.26. The van der Waals surface area contributed by atoms with Crippen LogP contribution < -0.4 is 5.73 Å². The van der Waals surface area contributed by atoms with E-state index < -0.39 is 6.04 Å². The van der Waals surface area contributed by atoms with Gasteiger partial charge in [0, 0.05) is 5.92 Å². The van der Waals surface area contributed by atoms with E-state index in [1.165, 1.54) is 0 Å². The quantitative estimate of drug-likeness (QED) is 0.675. The van der Waals surface area contributed by atoms with Crippen LogP contribution in [-0.2, 0) is 9.53 Å². The van der Waals surface area contributed by atoms with Crippen LogP contribution in [0.25, 0.3) is 0 Å². The summed E-state index contributed by atoms with van der Waals surface area (Å²) < 4.78 is 5.08. The Kier molecular flexibility index (Phi) is 2.25. The standard InChI is InChI=1S/C11H13NO2/c1-7-9(10(12)11(13)14-7)8-5-3-2-4-6-8/h2-7,9-10H,12H2,1H3/t7-,9-,10-/m0/s1. The van der Waals surface area contributed by atoms with Crippen molar-refractivity contribution in [2.45, 2.75) is 25.0 Å². The Balaban J connectivity index is 2.31. The molecule has 0 aromatic heterocycles. The van der Waals surface area contributed by atoms with Gasteiger partial charge in [0.05, 0.1) is 0 Å². The first kappa shape index (κ1) is 9.21. The molecule has 3 atom stereocenters. The third-order valence-corrected chi connectivity index (χ3v) is 2.65. The summed E-state index contributed by atoms with van der Waals surface area (Å²) in [5.41, 5.74) is 6.84. The molecule has 1 saturated heterocycles. The van der Waals surface area contributed by atoms with Crippen molar-refractivity contribution in [2.75, 3.05) is 0 Å². The number of ether oxygens (including phenoxy) is 1. The highest BCUT2D eigenvalue weighted by Crippen LogP contribution is 2.30. The summed E-state index contributed by atoms with van der Waals surface area (Å²) in [4.78, 5) is 11.2. The second-order valence-electron chi connectivity index (χ2n) is 3.60. The summed E-state index contributed by atoms with van der Waals surface area (Å²) in [7, 11) is 0. The zero-order valence-electron chi connectivity index (χ0n) is 8.01. The average molecular weight is 191 g/mol. The van der Waals surface area contributed by atoms with Crippen LogP contribution in [0.15, 0.2) is 30.3 Å². The van der Waals surface area contributed by atoms with Gasteiger partial charge >= 0.3 is 5.97 Å². The fraction of sp³-hybridized carbons (Fsp3) is 0.364. The number of nitrogens with two attached hydrogens (primary N) is 1. The minimum Gasteiger partial charge on any atom is -0.461 e. The first-order chi connectivity index (χ1) is 6.70. The molecule has 3 nitrogen and oxygen atoms in total. The lowest BCUT2D eigenvalue weighted by molar-refractivity contribution is -0.141. The molecule has 74 valence electrons. The van der Waals surface area contributed by atoms with Crippen LogP contribution in [0, 0.1) is 0 Å². The molecule has 14 heavy (non-hydrogen) atoms. The predicted octanol–water partition coefficient (Wildman–Crippen LogP) is 1.04. The minimum absolute atomic E-state index is 0.0105. The lowest BCUT2D eigenvalue weighted by Gasteiger charge is -2.15. The normalized spacial score (nSPS) is 31.6. The lowest BCUT2D eigenvalue weighted by Crippen LogP contribution is -2.31. The number of carbonyl (C=O) groups is 1. The van der Waals surface area contributed by atoms with E-state index in [0.717, 1.165) is 5.56 Å². The van der Waals surface area contributed by atoms with Crippen molar-refractivity contribution in [2.24, 2.45) is 5.73 Å². The predicted molar refractivity (Wildman–Crippen MR) is 52.7 cm³/mol. The topological polar surface area (TPSA) is 52.3 Å². The highest BCUT2D eigenvalue weighted by molar-refractivity contribution is 5.79. The van der Waals surface area contributed by atoms with Gasteiger partial charge in [0.1, 0.15) is 12.1 Å². The summed E-state index contributed by atoms with van der Waals surface area (Å²) in [6.07, 6.45) is -0.125. The molecule has 1 aromatic rings. The van der Waals surface area contributed by atoms with Gasteiger partial charge in [-0.05, 0) is 12.5 Å². The number of rotatable bonds is 1. The summed E-state index contributed by atoms with van der Waals surface area (Å²) in [5, 5.41) is 0. The number of esters is 1. The molecular formula is C11H13NO2. The largest absolute Gasteiger partial charge is 0.461 e. The van der Waals surface area contributed by atoms with Crippen LogP contribution in [0.5, 0.6) is 0 Å².